The van der Waals surface area contributed by atoms with Gasteiger partial charge in [0.1, 0.15) is 10.4 Å². The molecule has 23 heavy (non-hydrogen) atoms. The number of para-hydroxylation sites is 1. The molecule has 116 valence electrons. The van der Waals surface area contributed by atoms with E-state index in [1.807, 2.05) is 11.8 Å². The molecular weight excluding hydrogens is 326 g/mol. The molecule has 5 rings (SSSR count). The van der Waals surface area contributed by atoms with Crippen molar-refractivity contribution < 1.29 is 0 Å². The summed E-state index contributed by atoms with van der Waals surface area (Å²) in [4.78, 5) is 3.39. The molecule has 0 saturated heterocycles. The molecule has 0 unspecified atom stereocenters. The number of aromatic nitrogens is 4. The van der Waals surface area contributed by atoms with Gasteiger partial charge in [-0.1, -0.05) is 43.8 Å². The van der Waals surface area contributed by atoms with E-state index in [9.17, 15) is 0 Å². The van der Waals surface area contributed by atoms with Gasteiger partial charge in [-0.05, 0) is 17.8 Å². The van der Waals surface area contributed by atoms with Crippen LogP contribution in [0.1, 0.15) is 36.5 Å². The molecule has 1 aromatic carbocycles. The highest BCUT2D eigenvalue weighted by Gasteiger charge is 2.40. The Hall–Kier alpha value is -1.86. The van der Waals surface area contributed by atoms with Crippen molar-refractivity contribution in [2.24, 2.45) is 0 Å². The SMILES string of the molecule is CC(C)c1nnc2n1N1C(=CS[C@H]1c1c[nH]c3ccccc13)S2. The van der Waals surface area contributed by atoms with Crippen LogP contribution in [-0.4, -0.2) is 19.9 Å². The topological polar surface area (TPSA) is 49.7 Å². The molecule has 2 aromatic heterocycles. The lowest BCUT2D eigenvalue weighted by Crippen LogP contribution is -2.31. The third-order valence-electron chi connectivity index (χ3n) is 4.20. The largest absolute Gasteiger partial charge is 0.361 e. The summed E-state index contributed by atoms with van der Waals surface area (Å²) in [5.41, 5.74) is 2.48. The highest BCUT2D eigenvalue weighted by molar-refractivity contribution is 8.07. The van der Waals surface area contributed by atoms with Crippen LogP contribution in [0.3, 0.4) is 0 Å². The fourth-order valence-electron chi connectivity index (χ4n) is 3.12. The van der Waals surface area contributed by atoms with E-state index in [0.717, 1.165) is 11.0 Å². The van der Waals surface area contributed by atoms with E-state index >= 15 is 0 Å². The van der Waals surface area contributed by atoms with Gasteiger partial charge in [0.25, 0.3) is 0 Å². The van der Waals surface area contributed by atoms with E-state index in [-0.39, 0.29) is 5.37 Å². The molecule has 2 aliphatic rings. The Balaban J connectivity index is 1.65. The first kappa shape index (κ1) is 13.6. The number of rotatable bonds is 2. The van der Waals surface area contributed by atoms with Crippen LogP contribution in [0.4, 0.5) is 0 Å². The quantitative estimate of drug-likeness (QED) is 0.758. The number of thioether (sulfide) groups is 2. The average molecular weight is 341 g/mol. The minimum atomic E-state index is 0.211. The van der Waals surface area contributed by atoms with Crippen molar-refractivity contribution in [3.05, 3.63) is 52.3 Å². The standard InChI is InChI=1S/C16H15N5S2/c1-9(2)14-18-19-16-21(14)20-13(23-16)8-22-15(20)11-7-17-12-6-4-3-5-10(11)12/h3-9,15,17H,1-2H3/t15-/m0/s1. The zero-order valence-electron chi connectivity index (χ0n) is 12.7. The van der Waals surface area contributed by atoms with Crippen LogP contribution in [0.25, 0.3) is 10.9 Å². The first-order valence-corrected chi connectivity index (χ1v) is 9.34. The van der Waals surface area contributed by atoms with E-state index in [2.05, 4.69) is 74.6 Å². The van der Waals surface area contributed by atoms with Gasteiger partial charge in [0.2, 0.25) is 5.16 Å². The molecule has 2 aliphatic heterocycles. The lowest BCUT2D eigenvalue weighted by Gasteiger charge is -2.26. The molecule has 0 saturated carbocycles. The Kier molecular flexibility index (Phi) is 2.84. The van der Waals surface area contributed by atoms with E-state index in [1.54, 1.807) is 11.8 Å². The summed E-state index contributed by atoms with van der Waals surface area (Å²) < 4.78 is 2.19. The van der Waals surface area contributed by atoms with Crippen molar-refractivity contribution in [1.82, 2.24) is 19.9 Å². The van der Waals surface area contributed by atoms with Crippen LogP contribution < -0.4 is 5.01 Å². The number of benzene rings is 1. The molecule has 0 radical (unpaired) electrons. The number of H-pyrrole nitrogens is 1. The van der Waals surface area contributed by atoms with E-state index < -0.39 is 0 Å². The molecule has 0 bridgehead atoms. The predicted molar refractivity (Wildman–Crippen MR) is 94.9 cm³/mol. The molecule has 1 atom stereocenters. The van der Waals surface area contributed by atoms with Gasteiger partial charge in [-0.25, -0.2) is 4.68 Å². The molecule has 1 N–H and O–H groups in total. The first-order valence-electron chi connectivity index (χ1n) is 7.58. The predicted octanol–water partition coefficient (Wildman–Crippen LogP) is 4.17. The number of hydrogen-bond donors (Lipinski definition) is 1. The Morgan fingerprint density at radius 3 is 2.96 bits per heavy atom. The van der Waals surface area contributed by atoms with Crippen LogP contribution in [0.5, 0.6) is 0 Å². The second-order valence-electron chi connectivity index (χ2n) is 5.99. The number of nitrogens with zero attached hydrogens (tertiary/aromatic N) is 4. The highest BCUT2D eigenvalue weighted by Crippen LogP contribution is 2.52. The third kappa shape index (κ3) is 1.83. The molecule has 0 spiro atoms. The Labute approximate surface area is 142 Å². The molecule has 7 heteroatoms. The van der Waals surface area contributed by atoms with E-state index in [4.69, 9.17) is 0 Å². The van der Waals surface area contributed by atoms with E-state index in [1.165, 1.54) is 21.5 Å². The van der Waals surface area contributed by atoms with Gasteiger partial charge in [-0.15, -0.1) is 10.2 Å². The monoisotopic (exact) mass is 341 g/mol. The lowest BCUT2D eigenvalue weighted by atomic mass is 10.1. The zero-order valence-corrected chi connectivity index (χ0v) is 14.4. The lowest BCUT2D eigenvalue weighted by molar-refractivity contribution is 0.583. The Morgan fingerprint density at radius 2 is 2.09 bits per heavy atom. The zero-order chi connectivity index (χ0) is 15.6. The van der Waals surface area contributed by atoms with Gasteiger partial charge in [-0.2, -0.15) is 0 Å². The van der Waals surface area contributed by atoms with Crippen molar-refractivity contribution in [3.8, 4) is 0 Å². The van der Waals surface area contributed by atoms with Gasteiger partial charge in [0, 0.05) is 34.0 Å². The second kappa shape index (κ2) is 4.82. The third-order valence-corrected chi connectivity index (χ3v) is 6.37. The minimum absolute atomic E-state index is 0.211. The van der Waals surface area contributed by atoms with Crippen LogP contribution >= 0.6 is 23.5 Å². The molecule has 0 amide bonds. The molecular formula is C16H15N5S2. The minimum Gasteiger partial charge on any atom is -0.361 e. The summed E-state index contributed by atoms with van der Waals surface area (Å²) in [6.45, 7) is 4.32. The highest BCUT2D eigenvalue weighted by atomic mass is 32.2. The summed E-state index contributed by atoms with van der Waals surface area (Å²) in [6.07, 6.45) is 2.13. The van der Waals surface area contributed by atoms with Gasteiger partial charge in [0.05, 0.1) is 0 Å². The van der Waals surface area contributed by atoms with E-state index in [0.29, 0.717) is 5.92 Å². The van der Waals surface area contributed by atoms with Crippen LogP contribution in [0.15, 0.2) is 46.1 Å². The summed E-state index contributed by atoms with van der Waals surface area (Å²) in [7, 11) is 0. The van der Waals surface area contributed by atoms with Crippen molar-refractivity contribution in [1.29, 1.82) is 0 Å². The van der Waals surface area contributed by atoms with Gasteiger partial charge in [0.15, 0.2) is 5.82 Å². The van der Waals surface area contributed by atoms with Crippen molar-refractivity contribution in [3.63, 3.8) is 0 Å². The number of hydrogen-bond acceptors (Lipinski definition) is 5. The summed E-state index contributed by atoms with van der Waals surface area (Å²) in [6, 6.07) is 8.46. The summed E-state index contributed by atoms with van der Waals surface area (Å²) in [5, 5.41) is 17.0. The van der Waals surface area contributed by atoms with Crippen molar-refractivity contribution in [2.45, 2.75) is 30.3 Å². The smallest absolute Gasteiger partial charge is 0.216 e. The van der Waals surface area contributed by atoms with Crippen molar-refractivity contribution in [2.75, 3.05) is 5.01 Å². The molecule has 4 heterocycles. The van der Waals surface area contributed by atoms with Gasteiger partial charge >= 0.3 is 0 Å². The number of fused-ring (bicyclic) bond motifs is 4. The van der Waals surface area contributed by atoms with Gasteiger partial charge < -0.3 is 4.98 Å². The maximum Gasteiger partial charge on any atom is 0.216 e. The molecule has 3 aromatic rings. The number of nitrogens with one attached hydrogen (secondary N) is 1. The average Bonchev–Trinajstić information content (AvgIpc) is 3.25. The molecule has 0 aliphatic carbocycles. The maximum absolute atomic E-state index is 4.38. The maximum atomic E-state index is 4.38. The first-order chi connectivity index (χ1) is 11.2. The van der Waals surface area contributed by atoms with Crippen molar-refractivity contribution >= 4 is 34.4 Å². The fourth-order valence-corrected chi connectivity index (χ4v) is 5.39. The van der Waals surface area contributed by atoms with Crippen LogP contribution in [-0.2, 0) is 0 Å². The van der Waals surface area contributed by atoms with Gasteiger partial charge in [-0.3, -0.25) is 5.01 Å². The summed E-state index contributed by atoms with van der Waals surface area (Å²) in [5.74, 6) is 1.36. The Bertz CT molecular complexity index is 939. The fraction of sp³-hybridized carbons (Fsp3) is 0.250. The van der Waals surface area contributed by atoms with Crippen LogP contribution in [0.2, 0.25) is 0 Å². The normalized spacial score (nSPS) is 19.5. The molecule has 5 nitrogen and oxygen atoms in total. The second-order valence-corrected chi connectivity index (χ2v) is 7.93. The number of aromatic amines is 1. The van der Waals surface area contributed by atoms with Crippen LogP contribution in [0, 0.1) is 0 Å². The molecule has 0 fully saturated rings. The summed E-state index contributed by atoms with van der Waals surface area (Å²) >= 11 is 3.54. The Morgan fingerprint density at radius 1 is 1.22 bits per heavy atom.